The highest BCUT2D eigenvalue weighted by atomic mass is 79.9. The number of hydrogen-bond donors (Lipinski definition) is 0. The van der Waals surface area contributed by atoms with Gasteiger partial charge in [-0.1, -0.05) is 15.9 Å². The van der Waals surface area contributed by atoms with Gasteiger partial charge in [0.25, 0.3) is 0 Å². The maximum atomic E-state index is 3.43. The average molecular weight is 245 g/mol. The van der Waals surface area contributed by atoms with Crippen molar-refractivity contribution in [2.24, 2.45) is 5.92 Å². The van der Waals surface area contributed by atoms with Crippen LogP contribution in [0, 0.1) is 5.92 Å². The van der Waals surface area contributed by atoms with Crippen molar-refractivity contribution in [3.05, 3.63) is 0 Å². The zero-order valence-corrected chi connectivity index (χ0v) is 8.23. The standard InChI is InChI=1S/C5H10BrN.BrH/c1-7-3-5(2-6)4-7;/h5H,2-4H2,1H3;1H. The minimum absolute atomic E-state index is 0. The van der Waals surface area contributed by atoms with Crippen LogP contribution in [0.25, 0.3) is 0 Å². The third-order valence-corrected chi connectivity index (χ3v) is 2.27. The van der Waals surface area contributed by atoms with E-state index in [1.807, 2.05) is 0 Å². The Labute approximate surface area is 69.3 Å². The molecule has 0 atom stereocenters. The molecule has 0 aliphatic carbocycles. The van der Waals surface area contributed by atoms with Crippen molar-refractivity contribution in [1.29, 1.82) is 0 Å². The molecule has 0 radical (unpaired) electrons. The van der Waals surface area contributed by atoms with Crippen LogP contribution in [0.15, 0.2) is 0 Å². The van der Waals surface area contributed by atoms with Crippen LogP contribution in [0.4, 0.5) is 0 Å². The summed E-state index contributed by atoms with van der Waals surface area (Å²) >= 11 is 3.43. The van der Waals surface area contributed by atoms with Crippen LogP contribution >= 0.6 is 32.9 Å². The summed E-state index contributed by atoms with van der Waals surface area (Å²) in [7, 11) is 2.15. The third-order valence-electron chi connectivity index (χ3n) is 1.36. The van der Waals surface area contributed by atoms with Gasteiger partial charge in [0.15, 0.2) is 0 Å². The third kappa shape index (κ3) is 2.03. The number of rotatable bonds is 1. The molecule has 0 unspecified atom stereocenters. The Morgan fingerprint density at radius 1 is 1.62 bits per heavy atom. The van der Waals surface area contributed by atoms with Gasteiger partial charge >= 0.3 is 0 Å². The fraction of sp³-hybridized carbons (Fsp3) is 1.00. The van der Waals surface area contributed by atoms with Gasteiger partial charge in [-0.3, -0.25) is 0 Å². The van der Waals surface area contributed by atoms with Crippen molar-refractivity contribution in [2.45, 2.75) is 0 Å². The molecule has 0 N–H and O–H groups in total. The molecule has 1 aliphatic rings. The van der Waals surface area contributed by atoms with E-state index >= 15 is 0 Å². The van der Waals surface area contributed by atoms with E-state index in [4.69, 9.17) is 0 Å². The van der Waals surface area contributed by atoms with Crippen LogP contribution < -0.4 is 0 Å². The highest BCUT2D eigenvalue weighted by Crippen LogP contribution is 2.13. The molecule has 1 fully saturated rings. The molecule has 0 aromatic rings. The minimum Gasteiger partial charge on any atom is -0.306 e. The normalized spacial score (nSPS) is 21.8. The van der Waals surface area contributed by atoms with Crippen molar-refractivity contribution in [1.82, 2.24) is 4.90 Å². The van der Waals surface area contributed by atoms with Crippen molar-refractivity contribution < 1.29 is 0 Å². The van der Waals surface area contributed by atoms with Gasteiger partial charge in [-0.25, -0.2) is 0 Å². The van der Waals surface area contributed by atoms with Gasteiger partial charge in [-0.15, -0.1) is 17.0 Å². The second-order valence-corrected chi connectivity index (χ2v) is 2.89. The summed E-state index contributed by atoms with van der Waals surface area (Å²) in [6.45, 7) is 2.57. The number of likely N-dealkylation sites (tertiary alicyclic amines) is 1. The highest BCUT2D eigenvalue weighted by molar-refractivity contribution is 9.09. The van der Waals surface area contributed by atoms with Crippen molar-refractivity contribution in [2.75, 3.05) is 25.5 Å². The lowest BCUT2D eigenvalue weighted by molar-refractivity contribution is 0.154. The van der Waals surface area contributed by atoms with Gasteiger partial charge < -0.3 is 4.90 Å². The molecular formula is C5H11Br2N. The molecule has 1 nitrogen and oxygen atoms in total. The van der Waals surface area contributed by atoms with Crippen LogP contribution in [-0.2, 0) is 0 Å². The van der Waals surface area contributed by atoms with E-state index in [0.717, 1.165) is 5.92 Å². The first-order valence-corrected chi connectivity index (χ1v) is 3.69. The monoisotopic (exact) mass is 243 g/mol. The van der Waals surface area contributed by atoms with Crippen LogP contribution in [0.2, 0.25) is 0 Å². The van der Waals surface area contributed by atoms with E-state index < -0.39 is 0 Å². The molecule has 0 spiro atoms. The summed E-state index contributed by atoms with van der Waals surface area (Å²) in [5.74, 6) is 0.935. The second-order valence-electron chi connectivity index (χ2n) is 2.24. The van der Waals surface area contributed by atoms with Gasteiger partial charge in [0.2, 0.25) is 0 Å². The first kappa shape index (κ1) is 8.92. The molecule has 0 amide bonds. The quantitative estimate of drug-likeness (QED) is 0.633. The molecule has 0 bridgehead atoms. The Morgan fingerprint density at radius 2 is 2.12 bits per heavy atom. The SMILES string of the molecule is Br.CN1CC(CBr)C1. The van der Waals surface area contributed by atoms with E-state index in [-0.39, 0.29) is 17.0 Å². The van der Waals surface area contributed by atoms with Crippen LogP contribution in [0.1, 0.15) is 0 Å². The van der Waals surface area contributed by atoms with Gasteiger partial charge in [0, 0.05) is 18.4 Å². The predicted molar refractivity (Wildman–Crippen MR) is 45.1 cm³/mol. The molecule has 0 saturated carbocycles. The van der Waals surface area contributed by atoms with Crippen LogP contribution in [0.5, 0.6) is 0 Å². The zero-order chi connectivity index (χ0) is 5.28. The highest BCUT2D eigenvalue weighted by Gasteiger charge is 2.20. The number of halogens is 2. The van der Waals surface area contributed by atoms with E-state index in [1.165, 1.54) is 18.4 Å². The fourth-order valence-corrected chi connectivity index (χ4v) is 1.34. The summed E-state index contributed by atoms with van der Waals surface area (Å²) in [6.07, 6.45) is 0. The van der Waals surface area contributed by atoms with Gasteiger partial charge in [-0.2, -0.15) is 0 Å². The first-order chi connectivity index (χ1) is 3.33. The van der Waals surface area contributed by atoms with Crippen LogP contribution in [0.3, 0.4) is 0 Å². The van der Waals surface area contributed by atoms with Crippen molar-refractivity contribution in [3.8, 4) is 0 Å². The summed E-state index contributed by atoms with van der Waals surface area (Å²) in [4.78, 5) is 2.33. The Kier molecular flexibility index (Phi) is 4.30. The molecular weight excluding hydrogens is 234 g/mol. The Hall–Kier alpha value is 0.920. The lowest BCUT2D eigenvalue weighted by Gasteiger charge is -2.34. The summed E-state index contributed by atoms with van der Waals surface area (Å²) in [5.41, 5.74) is 0. The maximum Gasteiger partial charge on any atom is 0.00841 e. The van der Waals surface area contributed by atoms with Crippen LogP contribution in [-0.4, -0.2) is 30.4 Å². The Bertz CT molecular complexity index is 61.4. The molecule has 1 heterocycles. The van der Waals surface area contributed by atoms with Gasteiger partial charge in [-0.05, 0) is 13.0 Å². The van der Waals surface area contributed by atoms with Gasteiger partial charge in [0.05, 0.1) is 0 Å². The lowest BCUT2D eigenvalue weighted by Crippen LogP contribution is -2.44. The van der Waals surface area contributed by atoms with Crippen molar-refractivity contribution in [3.63, 3.8) is 0 Å². The number of hydrogen-bond acceptors (Lipinski definition) is 1. The lowest BCUT2D eigenvalue weighted by atomic mass is 10.1. The molecule has 8 heavy (non-hydrogen) atoms. The molecule has 1 saturated heterocycles. The average Bonchev–Trinajstić information content (AvgIpc) is 1.58. The first-order valence-electron chi connectivity index (χ1n) is 2.57. The fourth-order valence-electron chi connectivity index (χ4n) is 0.926. The smallest absolute Gasteiger partial charge is 0.00841 e. The van der Waals surface area contributed by atoms with E-state index in [1.54, 1.807) is 0 Å². The van der Waals surface area contributed by atoms with E-state index in [9.17, 15) is 0 Å². The van der Waals surface area contributed by atoms with E-state index in [0.29, 0.717) is 0 Å². The minimum atomic E-state index is 0. The summed E-state index contributed by atoms with van der Waals surface area (Å²) in [5, 5.41) is 1.18. The van der Waals surface area contributed by atoms with Crippen molar-refractivity contribution >= 4 is 32.9 Å². The zero-order valence-electron chi connectivity index (χ0n) is 4.93. The number of nitrogens with zero attached hydrogens (tertiary/aromatic N) is 1. The Morgan fingerprint density at radius 3 is 2.25 bits per heavy atom. The molecule has 0 aromatic heterocycles. The molecule has 50 valence electrons. The molecule has 1 rings (SSSR count). The maximum absolute atomic E-state index is 3.43. The summed E-state index contributed by atoms with van der Waals surface area (Å²) in [6, 6.07) is 0. The summed E-state index contributed by atoms with van der Waals surface area (Å²) < 4.78 is 0. The van der Waals surface area contributed by atoms with Gasteiger partial charge in [0.1, 0.15) is 0 Å². The predicted octanol–water partition coefficient (Wildman–Crippen LogP) is 1.52. The molecule has 1 aliphatic heterocycles. The van der Waals surface area contributed by atoms with E-state index in [2.05, 4.69) is 27.9 Å². The number of alkyl halides is 1. The second kappa shape index (κ2) is 3.85. The topological polar surface area (TPSA) is 3.24 Å². The molecule has 0 aromatic carbocycles. The Balaban J connectivity index is 0.000000490. The molecule has 3 heteroatoms. The largest absolute Gasteiger partial charge is 0.306 e.